The molecule has 0 aliphatic carbocycles. The van der Waals surface area contributed by atoms with Crippen LogP contribution in [0.5, 0.6) is 0 Å². The number of aromatic nitrogens is 4. The largest absolute Gasteiger partial charge is 0.330 e. The maximum absolute atomic E-state index is 5.54. The highest BCUT2D eigenvalue weighted by atomic mass is 15.2. The molecule has 3 aromatic heterocycles. The third-order valence-electron chi connectivity index (χ3n) is 3.11. The van der Waals surface area contributed by atoms with Gasteiger partial charge in [-0.05, 0) is 43.1 Å². The number of rotatable bonds is 4. The molecule has 0 radical (unpaired) electrons. The molecule has 0 saturated heterocycles. The molecule has 0 fully saturated rings. The first-order valence-electron chi connectivity index (χ1n) is 6.31. The molecule has 96 valence electrons. The summed E-state index contributed by atoms with van der Waals surface area (Å²) >= 11 is 0. The van der Waals surface area contributed by atoms with Gasteiger partial charge in [-0.15, -0.1) is 0 Å². The van der Waals surface area contributed by atoms with Gasteiger partial charge in [0.05, 0.1) is 11.7 Å². The van der Waals surface area contributed by atoms with E-state index in [-0.39, 0.29) is 0 Å². The summed E-state index contributed by atoms with van der Waals surface area (Å²) in [7, 11) is 0. The first kappa shape index (κ1) is 11.8. The second kappa shape index (κ2) is 5.16. The molecule has 0 atom stereocenters. The molecule has 3 heterocycles. The van der Waals surface area contributed by atoms with Crippen LogP contribution in [0.25, 0.3) is 16.6 Å². The van der Waals surface area contributed by atoms with E-state index in [1.165, 1.54) is 6.33 Å². The highest BCUT2D eigenvalue weighted by Crippen LogP contribution is 2.24. The number of fused-ring (bicyclic) bond motifs is 1. The van der Waals surface area contributed by atoms with E-state index in [0.29, 0.717) is 6.54 Å². The smallest absolute Gasteiger partial charge is 0.136 e. The van der Waals surface area contributed by atoms with Gasteiger partial charge in [-0.2, -0.15) is 5.10 Å². The van der Waals surface area contributed by atoms with Gasteiger partial charge < -0.3 is 5.73 Å². The fourth-order valence-corrected chi connectivity index (χ4v) is 2.16. The summed E-state index contributed by atoms with van der Waals surface area (Å²) in [6, 6.07) is 6.17. The molecular weight excluding hydrogens is 238 g/mol. The van der Waals surface area contributed by atoms with E-state index in [1.807, 2.05) is 35.2 Å². The summed E-state index contributed by atoms with van der Waals surface area (Å²) in [5, 5.41) is 4.17. The lowest BCUT2D eigenvalue weighted by Crippen LogP contribution is -2.01. The van der Waals surface area contributed by atoms with E-state index in [0.717, 1.165) is 35.2 Å². The quantitative estimate of drug-likeness (QED) is 0.768. The minimum atomic E-state index is 0.689. The molecule has 0 aromatic carbocycles. The van der Waals surface area contributed by atoms with Crippen LogP contribution in [-0.2, 0) is 6.42 Å². The molecule has 0 aliphatic rings. The van der Waals surface area contributed by atoms with Crippen LogP contribution in [0.3, 0.4) is 0 Å². The van der Waals surface area contributed by atoms with Gasteiger partial charge in [0.25, 0.3) is 0 Å². The zero-order valence-electron chi connectivity index (χ0n) is 10.5. The minimum Gasteiger partial charge on any atom is -0.330 e. The van der Waals surface area contributed by atoms with Crippen LogP contribution in [0.4, 0.5) is 0 Å². The molecule has 0 unspecified atom stereocenters. The van der Waals surface area contributed by atoms with Crippen molar-refractivity contribution >= 4 is 5.52 Å². The van der Waals surface area contributed by atoms with E-state index < -0.39 is 0 Å². The van der Waals surface area contributed by atoms with Gasteiger partial charge in [0.1, 0.15) is 6.33 Å². The van der Waals surface area contributed by atoms with Gasteiger partial charge in [-0.25, -0.2) is 9.50 Å². The van der Waals surface area contributed by atoms with Crippen molar-refractivity contribution in [2.24, 2.45) is 5.73 Å². The first-order valence-corrected chi connectivity index (χ1v) is 6.31. The normalized spacial score (nSPS) is 11.0. The SMILES string of the molecule is NCCCc1cc(-c2ccn3ncncc23)ccn1. The number of hydrogen-bond acceptors (Lipinski definition) is 4. The lowest BCUT2D eigenvalue weighted by atomic mass is 10.1. The summed E-state index contributed by atoms with van der Waals surface area (Å²) in [6.45, 7) is 0.689. The van der Waals surface area contributed by atoms with Gasteiger partial charge in [0.15, 0.2) is 0 Å². The van der Waals surface area contributed by atoms with Crippen LogP contribution in [-0.4, -0.2) is 26.1 Å². The van der Waals surface area contributed by atoms with E-state index in [1.54, 1.807) is 0 Å². The van der Waals surface area contributed by atoms with Crippen molar-refractivity contribution in [2.45, 2.75) is 12.8 Å². The predicted octanol–water partition coefficient (Wildman–Crippen LogP) is 1.68. The van der Waals surface area contributed by atoms with Crippen LogP contribution in [0.15, 0.2) is 43.1 Å². The number of pyridine rings is 1. The highest BCUT2D eigenvalue weighted by molar-refractivity contribution is 5.80. The van der Waals surface area contributed by atoms with Crippen molar-refractivity contribution < 1.29 is 0 Å². The molecule has 19 heavy (non-hydrogen) atoms. The first-order chi connectivity index (χ1) is 9.38. The van der Waals surface area contributed by atoms with Crippen LogP contribution < -0.4 is 5.73 Å². The topological polar surface area (TPSA) is 69.1 Å². The lowest BCUT2D eigenvalue weighted by molar-refractivity contribution is 0.811. The lowest BCUT2D eigenvalue weighted by Gasteiger charge is -2.03. The van der Waals surface area contributed by atoms with Crippen molar-refractivity contribution in [3.63, 3.8) is 0 Å². The zero-order chi connectivity index (χ0) is 13.1. The third kappa shape index (κ3) is 2.32. The fourth-order valence-electron chi connectivity index (χ4n) is 2.16. The molecule has 0 saturated carbocycles. The molecule has 5 heteroatoms. The van der Waals surface area contributed by atoms with Crippen LogP contribution in [0, 0.1) is 0 Å². The van der Waals surface area contributed by atoms with Crippen LogP contribution in [0.1, 0.15) is 12.1 Å². The Balaban J connectivity index is 2.01. The Labute approximate surface area is 111 Å². The van der Waals surface area contributed by atoms with Crippen molar-refractivity contribution in [1.29, 1.82) is 0 Å². The van der Waals surface area contributed by atoms with E-state index in [2.05, 4.69) is 21.1 Å². The second-order valence-electron chi connectivity index (χ2n) is 4.40. The standard InChI is InChI=1S/C14H15N5/c15-5-1-2-12-8-11(3-6-17-12)13-4-7-19-14(13)9-16-10-18-19/h3-4,6-10H,1-2,5,15H2. The van der Waals surface area contributed by atoms with Crippen molar-refractivity contribution in [3.05, 3.63) is 48.8 Å². The summed E-state index contributed by atoms with van der Waals surface area (Å²) in [6.07, 6.45) is 9.00. The summed E-state index contributed by atoms with van der Waals surface area (Å²) in [5.41, 5.74) is 9.86. The average molecular weight is 253 g/mol. The van der Waals surface area contributed by atoms with Gasteiger partial charge in [0, 0.05) is 23.7 Å². The fraction of sp³-hybridized carbons (Fsp3) is 0.214. The van der Waals surface area contributed by atoms with Gasteiger partial charge in [-0.3, -0.25) is 4.98 Å². The van der Waals surface area contributed by atoms with E-state index in [4.69, 9.17) is 5.73 Å². The Bertz CT molecular complexity index is 689. The van der Waals surface area contributed by atoms with Gasteiger partial charge in [0.2, 0.25) is 0 Å². The molecule has 3 aromatic rings. The Morgan fingerprint density at radius 3 is 3.11 bits per heavy atom. The van der Waals surface area contributed by atoms with Crippen molar-refractivity contribution in [3.8, 4) is 11.1 Å². The van der Waals surface area contributed by atoms with Crippen molar-refractivity contribution in [2.75, 3.05) is 6.54 Å². The maximum Gasteiger partial charge on any atom is 0.136 e. The zero-order valence-corrected chi connectivity index (χ0v) is 10.5. The Morgan fingerprint density at radius 2 is 2.21 bits per heavy atom. The van der Waals surface area contributed by atoms with E-state index >= 15 is 0 Å². The second-order valence-corrected chi connectivity index (χ2v) is 4.40. The van der Waals surface area contributed by atoms with Crippen LogP contribution >= 0.6 is 0 Å². The molecule has 0 bridgehead atoms. The van der Waals surface area contributed by atoms with Crippen LogP contribution in [0.2, 0.25) is 0 Å². The molecule has 0 spiro atoms. The minimum absolute atomic E-state index is 0.689. The highest BCUT2D eigenvalue weighted by Gasteiger charge is 2.06. The Kier molecular flexibility index (Phi) is 3.20. The molecule has 5 nitrogen and oxygen atoms in total. The monoisotopic (exact) mass is 253 g/mol. The maximum atomic E-state index is 5.54. The van der Waals surface area contributed by atoms with E-state index in [9.17, 15) is 0 Å². The van der Waals surface area contributed by atoms with Gasteiger partial charge in [-0.1, -0.05) is 0 Å². The molecule has 3 rings (SSSR count). The number of aryl methyl sites for hydroxylation is 1. The number of hydrogen-bond donors (Lipinski definition) is 1. The predicted molar refractivity (Wildman–Crippen MR) is 73.6 cm³/mol. The van der Waals surface area contributed by atoms with Gasteiger partial charge >= 0.3 is 0 Å². The average Bonchev–Trinajstić information content (AvgIpc) is 2.89. The third-order valence-corrected chi connectivity index (χ3v) is 3.11. The molecular formula is C14H15N5. The summed E-state index contributed by atoms with van der Waals surface area (Å²) in [5.74, 6) is 0. The molecule has 0 aliphatic heterocycles. The number of nitrogens with zero attached hydrogens (tertiary/aromatic N) is 4. The number of nitrogens with two attached hydrogens (primary N) is 1. The molecule has 2 N–H and O–H groups in total. The Hall–Kier alpha value is -2.27. The summed E-state index contributed by atoms with van der Waals surface area (Å²) in [4.78, 5) is 8.45. The summed E-state index contributed by atoms with van der Waals surface area (Å²) < 4.78 is 1.82. The van der Waals surface area contributed by atoms with Crippen molar-refractivity contribution in [1.82, 2.24) is 19.6 Å². The molecule has 0 amide bonds. The Morgan fingerprint density at radius 1 is 1.26 bits per heavy atom.